The molecule has 4 heteroatoms. The maximum absolute atomic E-state index is 11.9. The first-order chi connectivity index (χ1) is 13.9. The second kappa shape index (κ2) is 9.00. The third-order valence-corrected chi connectivity index (χ3v) is 6.42. The maximum Gasteiger partial charge on any atom is 0.340 e. The second-order valence-corrected chi connectivity index (χ2v) is 8.18. The van der Waals surface area contributed by atoms with Crippen molar-refractivity contribution in [3.05, 3.63) is 65.7 Å². The molecule has 0 saturated heterocycles. The zero-order valence-corrected chi connectivity index (χ0v) is 18.1. The Hall–Kier alpha value is -2.33. The van der Waals surface area contributed by atoms with Crippen molar-refractivity contribution in [1.82, 2.24) is 0 Å². The molecule has 0 bridgehead atoms. The number of ether oxygens (including phenoxy) is 3. The predicted molar refractivity (Wildman–Crippen MR) is 114 cm³/mol. The topological polar surface area (TPSA) is 44.8 Å². The minimum atomic E-state index is -0.522. The molecule has 1 aliphatic carbocycles. The van der Waals surface area contributed by atoms with E-state index in [1.54, 1.807) is 31.2 Å². The van der Waals surface area contributed by atoms with Crippen LogP contribution in [0.15, 0.2) is 54.6 Å². The van der Waals surface area contributed by atoms with Crippen LogP contribution in [0.3, 0.4) is 0 Å². The molecular formula is C25H32O4. The summed E-state index contributed by atoms with van der Waals surface area (Å²) in [6.07, 6.45) is 0.691. The average Bonchev–Trinajstić information content (AvgIpc) is 3.34. The smallest absolute Gasteiger partial charge is 0.340 e. The number of hydrogen-bond donors (Lipinski definition) is 0. The Morgan fingerprint density at radius 1 is 1.03 bits per heavy atom. The highest BCUT2D eigenvalue weighted by Gasteiger charge is 2.62. The zero-order chi connectivity index (χ0) is 21.0. The van der Waals surface area contributed by atoms with E-state index < -0.39 is 12.3 Å². The van der Waals surface area contributed by atoms with Crippen molar-refractivity contribution in [2.75, 3.05) is 6.79 Å². The molecule has 2 aromatic carbocycles. The fourth-order valence-corrected chi connectivity index (χ4v) is 5.02. The van der Waals surface area contributed by atoms with Crippen LogP contribution in [0.1, 0.15) is 57.0 Å². The molecule has 1 saturated carbocycles. The summed E-state index contributed by atoms with van der Waals surface area (Å²) >= 11 is 0. The first kappa shape index (κ1) is 21.4. The molecule has 0 aromatic heterocycles. The van der Waals surface area contributed by atoms with Gasteiger partial charge in [0.2, 0.25) is 6.29 Å². The van der Waals surface area contributed by atoms with Crippen LogP contribution in [-0.4, -0.2) is 19.1 Å². The quantitative estimate of drug-likeness (QED) is 0.396. The number of benzene rings is 2. The van der Waals surface area contributed by atoms with Gasteiger partial charge in [0.15, 0.2) is 6.79 Å². The molecule has 156 valence electrons. The van der Waals surface area contributed by atoms with E-state index in [-0.39, 0.29) is 12.2 Å². The minimum absolute atomic E-state index is 0.154. The molecule has 0 N–H and O–H groups in total. The highest BCUT2D eigenvalue weighted by Crippen LogP contribution is 2.65. The normalized spacial score (nSPS) is 24.2. The highest BCUT2D eigenvalue weighted by molar-refractivity contribution is 5.89. The lowest BCUT2D eigenvalue weighted by Crippen LogP contribution is -2.21. The standard InChI is InChI=1S/C25H32O4/c1-6-23-18(4)25(23,17(2)3)21-12-14-22(15-13-21)29-19(5)27-16-28-24(26)20-10-8-7-9-11-20/h7-15,17-19,23H,6,16H2,1-5H3. The number of rotatable bonds is 9. The van der Waals surface area contributed by atoms with Crippen LogP contribution in [0.5, 0.6) is 5.75 Å². The van der Waals surface area contributed by atoms with Crippen molar-refractivity contribution in [2.24, 2.45) is 17.8 Å². The Labute approximate surface area is 174 Å². The van der Waals surface area contributed by atoms with Gasteiger partial charge in [0.1, 0.15) is 5.75 Å². The van der Waals surface area contributed by atoms with Gasteiger partial charge in [-0.05, 0) is 54.5 Å². The van der Waals surface area contributed by atoms with E-state index in [1.807, 2.05) is 18.2 Å². The summed E-state index contributed by atoms with van der Waals surface area (Å²) < 4.78 is 16.4. The molecule has 3 rings (SSSR count). The summed E-state index contributed by atoms with van der Waals surface area (Å²) in [7, 11) is 0. The third kappa shape index (κ3) is 4.32. The van der Waals surface area contributed by atoms with E-state index in [0.717, 1.165) is 11.7 Å². The summed E-state index contributed by atoms with van der Waals surface area (Å²) in [5.74, 6) is 2.40. The molecule has 0 amide bonds. The number of carbonyl (C=O) groups excluding carboxylic acids is 1. The van der Waals surface area contributed by atoms with Crippen molar-refractivity contribution in [2.45, 2.75) is 52.7 Å². The van der Waals surface area contributed by atoms with E-state index in [9.17, 15) is 4.79 Å². The molecule has 2 aromatic rings. The molecule has 4 nitrogen and oxygen atoms in total. The Morgan fingerprint density at radius 3 is 2.24 bits per heavy atom. The van der Waals surface area contributed by atoms with Crippen molar-refractivity contribution >= 4 is 5.97 Å². The van der Waals surface area contributed by atoms with Crippen LogP contribution < -0.4 is 4.74 Å². The summed E-state index contributed by atoms with van der Waals surface area (Å²) in [6, 6.07) is 17.2. The lowest BCUT2D eigenvalue weighted by atomic mass is 9.81. The van der Waals surface area contributed by atoms with Crippen LogP contribution in [0, 0.1) is 17.8 Å². The van der Waals surface area contributed by atoms with Gasteiger partial charge >= 0.3 is 5.97 Å². The molecule has 0 radical (unpaired) electrons. The van der Waals surface area contributed by atoms with Gasteiger partial charge in [0, 0.05) is 5.41 Å². The Kier molecular flexibility index (Phi) is 6.63. The van der Waals surface area contributed by atoms with E-state index in [0.29, 0.717) is 17.4 Å². The van der Waals surface area contributed by atoms with Gasteiger partial charge in [0.25, 0.3) is 0 Å². The Balaban J connectivity index is 1.51. The Morgan fingerprint density at radius 2 is 1.69 bits per heavy atom. The third-order valence-electron chi connectivity index (χ3n) is 6.42. The molecule has 0 aliphatic heterocycles. The van der Waals surface area contributed by atoms with Crippen molar-refractivity contribution < 1.29 is 19.0 Å². The first-order valence-electron chi connectivity index (χ1n) is 10.5. The van der Waals surface area contributed by atoms with Gasteiger partial charge in [-0.3, -0.25) is 0 Å². The highest BCUT2D eigenvalue weighted by atomic mass is 16.8. The van der Waals surface area contributed by atoms with E-state index in [1.165, 1.54) is 12.0 Å². The molecular weight excluding hydrogens is 364 g/mol. The molecule has 4 atom stereocenters. The molecule has 1 fully saturated rings. The molecule has 29 heavy (non-hydrogen) atoms. The van der Waals surface area contributed by atoms with Crippen molar-refractivity contribution in [1.29, 1.82) is 0 Å². The summed E-state index contributed by atoms with van der Waals surface area (Å²) in [5, 5.41) is 0. The zero-order valence-electron chi connectivity index (χ0n) is 18.1. The van der Waals surface area contributed by atoms with Gasteiger partial charge in [-0.25, -0.2) is 4.79 Å². The van der Waals surface area contributed by atoms with E-state index in [4.69, 9.17) is 14.2 Å². The lowest BCUT2D eigenvalue weighted by molar-refractivity contribution is -0.129. The van der Waals surface area contributed by atoms with Crippen molar-refractivity contribution in [3.8, 4) is 5.75 Å². The predicted octanol–water partition coefficient (Wildman–Crippen LogP) is 5.81. The van der Waals surface area contributed by atoms with Crippen molar-refractivity contribution in [3.63, 3.8) is 0 Å². The summed E-state index contributed by atoms with van der Waals surface area (Å²) in [4.78, 5) is 11.9. The van der Waals surface area contributed by atoms with Crippen LogP contribution in [0.2, 0.25) is 0 Å². The van der Waals surface area contributed by atoms with Gasteiger partial charge < -0.3 is 14.2 Å². The maximum atomic E-state index is 11.9. The van der Waals surface area contributed by atoms with Crippen LogP contribution >= 0.6 is 0 Å². The first-order valence-corrected chi connectivity index (χ1v) is 10.5. The number of esters is 1. The fourth-order valence-electron chi connectivity index (χ4n) is 5.02. The van der Waals surface area contributed by atoms with Crippen LogP contribution in [0.25, 0.3) is 0 Å². The Bertz CT molecular complexity index is 799. The molecule has 0 spiro atoms. The summed E-state index contributed by atoms with van der Waals surface area (Å²) in [5.41, 5.74) is 2.17. The monoisotopic (exact) mass is 396 g/mol. The molecule has 1 aliphatic rings. The van der Waals surface area contributed by atoms with Gasteiger partial charge in [-0.2, -0.15) is 0 Å². The SMILES string of the molecule is CCC1C(C)C1(c1ccc(OC(C)OCOC(=O)c2ccccc2)cc1)C(C)C. The van der Waals surface area contributed by atoms with Gasteiger partial charge in [-0.15, -0.1) is 0 Å². The molecule has 0 heterocycles. The number of hydrogen-bond acceptors (Lipinski definition) is 4. The molecule has 4 unspecified atom stereocenters. The van der Waals surface area contributed by atoms with Gasteiger partial charge in [0.05, 0.1) is 5.56 Å². The lowest BCUT2D eigenvalue weighted by Gasteiger charge is -2.24. The van der Waals surface area contributed by atoms with Crippen LogP contribution in [-0.2, 0) is 14.9 Å². The minimum Gasteiger partial charge on any atom is -0.465 e. The number of carbonyl (C=O) groups is 1. The van der Waals surface area contributed by atoms with E-state index >= 15 is 0 Å². The van der Waals surface area contributed by atoms with Crippen LogP contribution in [0.4, 0.5) is 0 Å². The largest absolute Gasteiger partial charge is 0.465 e. The van der Waals surface area contributed by atoms with E-state index in [2.05, 4.69) is 39.8 Å². The summed E-state index contributed by atoms with van der Waals surface area (Å²) in [6.45, 7) is 10.9. The average molecular weight is 397 g/mol. The van der Waals surface area contributed by atoms with Gasteiger partial charge in [-0.1, -0.05) is 64.4 Å². The fraction of sp³-hybridized carbons (Fsp3) is 0.480. The second-order valence-electron chi connectivity index (χ2n) is 8.18.